The highest BCUT2D eigenvalue weighted by atomic mass is 15.0. The summed E-state index contributed by atoms with van der Waals surface area (Å²) in [7, 11) is 0. The Morgan fingerprint density at radius 2 is 0.726 bits per heavy atom. The van der Waals surface area contributed by atoms with Crippen molar-refractivity contribution in [2.75, 3.05) is 0 Å². The Balaban J connectivity index is 1.10. The van der Waals surface area contributed by atoms with Crippen molar-refractivity contribution < 1.29 is 0 Å². The molecule has 62 heavy (non-hydrogen) atoms. The SMILES string of the molecule is c1ccc(-c2ccccc2-c2nc(-c3cccc(-c4cccc5ccccc45)c3)nc(-c3ccc(-c4c5ccccc5cc5c4ccc4ccccc45)c4ccccc34)n2)cc1. The first-order chi connectivity index (χ1) is 30.7. The normalized spacial score (nSPS) is 11.5. The minimum atomic E-state index is 0.620. The van der Waals surface area contributed by atoms with E-state index in [1.54, 1.807) is 0 Å². The average molecular weight is 788 g/mol. The van der Waals surface area contributed by atoms with Crippen molar-refractivity contribution in [1.29, 1.82) is 0 Å². The number of fused-ring (bicyclic) bond motifs is 6. The van der Waals surface area contributed by atoms with Crippen LogP contribution in [0.15, 0.2) is 224 Å². The summed E-state index contributed by atoms with van der Waals surface area (Å²) in [4.78, 5) is 16.0. The molecule has 0 radical (unpaired) electrons. The number of benzene rings is 11. The third kappa shape index (κ3) is 6.02. The molecule has 0 aliphatic rings. The summed E-state index contributed by atoms with van der Waals surface area (Å²) in [6.45, 7) is 0. The first-order valence-electron chi connectivity index (χ1n) is 21.1. The van der Waals surface area contributed by atoms with Crippen LogP contribution in [0.1, 0.15) is 0 Å². The van der Waals surface area contributed by atoms with E-state index in [-0.39, 0.29) is 0 Å². The molecule has 0 unspecified atom stereocenters. The smallest absolute Gasteiger partial charge is 0.164 e. The molecule has 3 nitrogen and oxygen atoms in total. The molecule has 12 rings (SSSR count). The van der Waals surface area contributed by atoms with Crippen LogP contribution < -0.4 is 0 Å². The molecule has 0 atom stereocenters. The quantitative estimate of drug-likeness (QED) is 0.124. The summed E-state index contributed by atoms with van der Waals surface area (Å²) in [5.74, 6) is 1.87. The maximum atomic E-state index is 5.37. The number of aromatic nitrogens is 3. The van der Waals surface area contributed by atoms with Crippen LogP contribution in [-0.4, -0.2) is 15.0 Å². The van der Waals surface area contributed by atoms with Crippen molar-refractivity contribution >= 4 is 53.9 Å². The van der Waals surface area contributed by atoms with E-state index in [0.29, 0.717) is 17.5 Å². The number of rotatable bonds is 6. The third-order valence-corrected chi connectivity index (χ3v) is 12.3. The van der Waals surface area contributed by atoms with Gasteiger partial charge in [0.1, 0.15) is 0 Å². The Morgan fingerprint density at radius 3 is 1.53 bits per heavy atom. The molecule has 0 fully saturated rings. The van der Waals surface area contributed by atoms with Gasteiger partial charge < -0.3 is 0 Å². The molecule has 0 N–H and O–H groups in total. The maximum Gasteiger partial charge on any atom is 0.164 e. The van der Waals surface area contributed by atoms with Crippen LogP contribution in [0.25, 0.3) is 121 Å². The van der Waals surface area contributed by atoms with Crippen LogP contribution in [0.4, 0.5) is 0 Å². The maximum absolute atomic E-state index is 5.37. The molecular formula is C59H37N3. The van der Waals surface area contributed by atoms with Crippen LogP contribution in [0.5, 0.6) is 0 Å². The van der Waals surface area contributed by atoms with Crippen molar-refractivity contribution in [1.82, 2.24) is 15.0 Å². The minimum Gasteiger partial charge on any atom is -0.208 e. The lowest BCUT2D eigenvalue weighted by Crippen LogP contribution is -2.02. The van der Waals surface area contributed by atoms with E-state index in [1.807, 2.05) is 6.07 Å². The molecule has 0 aliphatic carbocycles. The lowest BCUT2D eigenvalue weighted by atomic mass is 9.87. The summed E-state index contributed by atoms with van der Waals surface area (Å²) in [5.41, 5.74) is 9.68. The molecule has 1 aromatic heterocycles. The summed E-state index contributed by atoms with van der Waals surface area (Å²) < 4.78 is 0. The summed E-state index contributed by atoms with van der Waals surface area (Å²) >= 11 is 0. The predicted molar refractivity (Wildman–Crippen MR) is 260 cm³/mol. The van der Waals surface area contributed by atoms with Gasteiger partial charge in [0.05, 0.1) is 0 Å². The van der Waals surface area contributed by atoms with Crippen molar-refractivity contribution in [3.63, 3.8) is 0 Å². The number of nitrogens with zero attached hydrogens (tertiary/aromatic N) is 3. The molecule has 1 heterocycles. The van der Waals surface area contributed by atoms with Gasteiger partial charge in [-0.25, -0.2) is 15.0 Å². The Morgan fingerprint density at radius 1 is 0.210 bits per heavy atom. The van der Waals surface area contributed by atoms with Gasteiger partial charge in [-0.1, -0.05) is 206 Å². The van der Waals surface area contributed by atoms with Crippen molar-refractivity contribution in [3.8, 4) is 67.5 Å². The zero-order valence-corrected chi connectivity index (χ0v) is 33.7. The first kappa shape index (κ1) is 35.7. The molecule has 0 bridgehead atoms. The topological polar surface area (TPSA) is 38.7 Å². The van der Waals surface area contributed by atoms with Gasteiger partial charge in [0, 0.05) is 16.7 Å². The van der Waals surface area contributed by atoms with Crippen LogP contribution in [0.2, 0.25) is 0 Å². The van der Waals surface area contributed by atoms with E-state index >= 15 is 0 Å². The molecule has 0 saturated heterocycles. The molecule has 0 aliphatic heterocycles. The lowest BCUT2D eigenvalue weighted by Gasteiger charge is -2.17. The van der Waals surface area contributed by atoms with E-state index in [0.717, 1.165) is 44.2 Å². The molecule has 0 spiro atoms. The molecule has 11 aromatic carbocycles. The Bertz CT molecular complexity index is 3700. The van der Waals surface area contributed by atoms with E-state index in [2.05, 4.69) is 218 Å². The number of hydrogen-bond acceptors (Lipinski definition) is 3. The molecule has 0 amide bonds. The molecule has 0 saturated carbocycles. The number of hydrogen-bond donors (Lipinski definition) is 0. The van der Waals surface area contributed by atoms with E-state index in [1.165, 1.54) is 59.8 Å². The second kappa shape index (κ2) is 14.8. The summed E-state index contributed by atoms with van der Waals surface area (Å²) in [5, 5.41) is 12.0. The van der Waals surface area contributed by atoms with Gasteiger partial charge in [0.25, 0.3) is 0 Å². The van der Waals surface area contributed by atoms with Gasteiger partial charge >= 0.3 is 0 Å². The van der Waals surface area contributed by atoms with Gasteiger partial charge in [0.2, 0.25) is 0 Å². The Labute approximate surface area is 359 Å². The van der Waals surface area contributed by atoms with E-state index < -0.39 is 0 Å². The Hall–Kier alpha value is -8.27. The lowest BCUT2D eigenvalue weighted by molar-refractivity contribution is 1.08. The second-order valence-corrected chi connectivity index (χ2v) is 15.9. The van der Waals surface area contributed by atoms with Crippen LogP contribution in [0.3, 0.4) is 0 Å². The minimum absolute atomic E-state index is 0.620. The zero-order valence-electron chi connectivity index (χ0n) is 33.7. The molecule has 12 aromatic rings. The zero-order chi connectivity index (χ0) is 41.0. The summed E-state index contributed by atoms with van der Waals surface area (Å²) in [6, 6.07) is 80.0. The average Bonchev–Trinajstić information content (AvgIpc) is 3.35. The fourth-order valence-electron chi connectivity index (χ4n) is 9.42. The predicted octanol–water partition coefficient (Wildman–Crippen LogP) is 15.6. The fourth-order valence-corrected chi connectivity index (χ4v) is 9.42. The monoisotopic (exact) mass is 787 g/mol. The second-order valence-electron chi connectivity index (χ2n) is 15.9. The van der Waals surface area contributed by atoms with Crippen LogP contribution in [0, 0.1) is 0 Å². The third-order valence-electron chi connectivity index (χ3n) is 12.3. The molecule has 288 valence electrons. The van der Waals surface area contributed by atoms with Crippen LogP contribution >= 0.6 is 0 Å². The van der Waals surface area contributed by atoms with Crippen molar-refractivity contribution in [3.05, 3.63) is 224 Å². The van der Waals surface area contributed by atoms with Gasteiger partial charge in [0.15, 0.2) is 17.5 Å². The molecule has 3 heteroatoms. The van der Waals surface area contributed by atoms with Crippen LogP contribution in [-0.2, 0) is 0 Å². The van der Waals surface area contributed by atoms with Crippen molar-refractivity contribution in [2.24, 2.45) is 0 Å². The van der Waals surface area contributed by atoms with Gasteiger partial charge in [-0.2, -0.15) is 0 Å². The highest BCUT2D eigenvalue weighted by Crippen LogP contribution is 2.44. The largest absolute Gasteiger partial charge is 0.208 e. The fraction of sp³-hybridized carbons (Fsp3) is 0. The van der Waals surface area contributed by atoms with Gasteiger partial charge in [-0.05, 0) is 105 Å². The summed E-state index contributed by atoms with van der Waals surface area (Å²) in [6.07, 6.45) is 0. The van der Waals surface area contributed by atoms with Gasteiger partial charge in [-0.3, -0.25) is 0 Å². The first-order valence-corrected chi connectivity index (χ1v) is 21.1. The highest BCUT2D eigenvalue weighted by Gasteiger charge is 2.20. The van der Waals surface area contributed by atoms with E-state index in [9.17, 15) is 0 Å². The van der Waals surface area contributed by atoms with E-state index in [4.69, 9.17) is 15.0 Å². The molecular weight excluding hydrogens is 751 g/mol. The standard InChI is InChI=1S/C59H37N3/c1-2-16-38(17-3-1)45-25-10-13-30-53(45)58-60-57(43-23-14-22-41(36-43)47-31-15-21-39-18-4-7-24-44(39)47)61-59(62-58)54-35-34-51(49-28-11-12-29-50(49)54)56-48-27-9-6-20-42(48)37-55-46-26-8-5-19-40(46)32-33-52(55)56/h1-37H. The highest BCUT2D eigenvalue weighted by molar-refractivity contribution is 6.23. The van der Waals surface area contributed by atoms with Gasteiger partial charge in [-0.15, -0.1) is 0 Å². The Kier molecular flexibility index (Phi) is 8.50. The van der Waals surface area contributed by atoms with Crippen molar-refractivity contribution in [2.45, 2.75) is 0 Å².